The summed E-state index contributed by atoms with van der Waals surface area (Å²) in [5.74, 6) is -0.867. The molecule has 2 atom stereocenters. The fraction of sp³-hybridized carbons (Fsp3) is 0.423. The van der Waals surface area contributed by atoms with Gasteiger partial charge in [-0.2, -0.15) is 0 Å². The predicted octanol–water partition coefficient (Wildman–Crippen LogP) is 5.12. The van der Waals surface area contributed by atoms with Gasteiger partial charge in [0.1, 0.15) is 5.76 Å². The van der Waals surface area contributed by atoms with Gasteiger partial charge in [0.05, 0.1) is 29.8 Å². The second kappa shape index (κ2) is 8.56. The van der Waals surface area contributed by atoms with Crippen LogP contribution in [0.15, 0.2) is 34.7 Å². The fourth-order valence-electron chi connectivity index (χ4n) is 5.73. The van der Waals surface area contributed by atoms with E-state index in [1.54, 1.807) is 0 Å². The molecular formula is C26H26ClFN2O4. The van der Waals surface area contributed by atoms with Crippen molar-refractivity contribution in [2.24, 2.45) is 5.92 Å². The van der Waals surface area contributed by atoms with Gasteiger partial charge in [0.2, 0.25) is 0 Å². The molecule has 3 heterocycles. The molecule has 6 nitrogen and oxygen atoms in total. The average molecular weight is 485 g/mol. The van der Waals surface area contributed by atoms with E-state index in [9.17, 15) is 9.90 Å². The van der Waals surface area contributed by atoms with Crippen LogP contribution in [0.25, 0.3) is 22.3 Å². The fourth-order valence-corrected chi connectivity index (χ4v) is 6.07. The third-order valence-corrected chi connectivity index (χ3v) is 7.91. The van der Waals surface area contributed by atoms with Crippen LogP contribution in [0.3, 0.4) is 0 Å². The zero-order chi connectivity index (χ0) is 23.4. The number of nitrogens with zero attached hydrogens (tertiary/aromatic N) is 2. The minimum Gasteiger partial charge on any atom is -0.481 e. The monoisotopic (exact) mass is 484 g/mol. The molecule has 2 fully saturated rings. The quantitative estimate of drug-likeness (QED) is 0.554. The molecule has 8 heteroatoms. The lowest BCUT2D eigenvalue weighted by atomic mass is 10.0. The maximum Gasteiger partial charge on any atom is 0.307 e. The first kappa shape index (κ1) is 21.9. The van der Waals surface area contributed by atoms with Gasteiger partial charge >= 0.3 is 5.97 Å². The topological polar surface area (TPSA) is 66.2 Å². The summed E-state index contributed by atoms with van der Waals surface area (Å²) in [7, 11) is 0. The number of halogens is 2. The Hall–Kier alpha value is -2.61. The number of hydrogen-bond donors (Lipinski definition) is 1. The van der Waals surface area contributed by atoms with Crippen molar-refractivity contribution >= 4 is 34.2 Å². The van der Waals surface area contributed by atoms with Gasteiger partial charge in [0, 0.05) is 36.6 Å². The van der Waals surface area contributed by atoms with Crippen LogP contribution in [0.4, 0.5) is 10.1 Å². The molecule has 0 spiro atoms. The molecule has 1 N–H and O–H groups in total. The Labute approximate surface area is 201 Å². The van der Waals surface area contributed by atoms with Crippen LogP contribution in [-0.4, -0.2) is 55.4 Å². The van der Waals surface area contributed by atoms with Gasteiger partial charge < -0.3 is 19.2 Å². The highest BCUT2D eigenvalue weighted by atomic mass is 35.5. The zero-order valence-corrected chi connectivity index (χ0v) is 19.5. The Kier molecular flexibility index (Phi) is 5.51. The molecule has 3 aliphatic rings. The molecule has 0 bridgehead atoms. The van der Waals surface area contributed by atoms with Crippen molar-refractivity contribution in [3.8, 4) is 11.3 Å². The standard InChI is InChI=1S/C26H26ClFN2O4/c27-23-18(2-1-3-21(23)29-8-10-33-11-9-29)22-13-16-12-19-17(24(28)25(16)34-22)4-5-20(19)30-7-6-15(14-30)26(31)32/h1-3,12-13,15,20H,4-11,14H2,(H,31,32)/t15-,20-/m1/s1. The van der Waals surface area contributed by atoms with E-state index in [4.69, 9.17) is 20.8 Å². The predicted molar refractivity (Wildman–Crippen MR) is 128 cm³/mol. The summed E-state index contributed by atoms with van der Waals surface area (Å²) in [6.45, 7) is 4.10. The Morgan fingerprint density at radius 2 is 1.97 bits per heavy atom. The number of carboxylic acid groups (broad SMARTS) is 1. The number of anilines is 1. The molecule has 1 aliphatic carbocycles. The Balaban J connectivity index is 1.36. The van der Waals surface area contributed by atoms with Gasteiger partial charge in [-0.05, 0) is 61.2 Å². The lowest BCUT2D eigenvalue weighted by Gasteiger charge is -2.30. The van der Waals surface area contributed by atoms with E-state index in [-0.39, 0.29) is 23.4 Å². The number of furan rings is 1. The van der Waals surface area contributed by atoms with E-state index in [1.807, 2.05) is 30.3 Å². The van der Waals surface area contributed by atoms with Crippen molar-refractivity contribution in [3.05, 3.63) is 52.3 Å². The Morgan fingerprint density at radius 3 is 2.74 bits per heavy atom. The summed E-state index contributed by atoms with van der Waals surface area (Å²) in [4.78, 5) is 15.8. The number of rotatable bonds is 4. The van der Waals surface area contributed by atoms with Crippen molar-refractivity contribution in [2.75, 3.05) is 44.3 Å². The molecule has 34 heavy (non-hydrogen) atoms. The van der Waals surface area contributed by atoms with E-state index < -0.39 is 5.97 Å². The largest absolute Gasteiger partial charge is 0.481 e. The molecule has 0 unspecified atom stereocenters. The summed E-state index contributed by atoms with van der Waals surface area (Å²) >= 11 is 6.80. The number of hydrogen-bond acceptors (Lipinski definition) is 5. The highest BCUT2D eigenvalue weighted by molar-refractivity contribution is 6.36. The minimum atomic E-state index is -0.752. The van der Waals surface area contributed by atoms with Gasteiger partial charge in [-0.15, -0.1) is 0 Å². The summed E-state index contributed by atoms with van der Waals surface area (Å²) in [6.07, 6.45) is 2.06. The highest BCUT2D eigenvalue weighted by Crippen LogP contribution is 2.44. The van der Waals surface area contributed by atoms with Crippen molar-refractivity contribution in [3.63, 3.8) is 0 Å². The van der Waals surface area contributed by atoms with E-state index >= 15 is 4.39 Å². The van der Waals surface area contributed by atoms with E-state index in [0.717, 1.165) is 42.9 Å². The second-order valence-corrected chi connectivity index (χ2v) is 9.78. The van der Waals surface area contributed by atoms with Crippen LogP contribution < -0.4 is 4.90 Å². The van der Waals surface area contributed by atoms with E-state index in [2.05, 4.69) is 9.80 Å². The van der Waals surface area contributed by atoms with Crippen LogP contribution in [0, 0.1) is 11.7 Å². The van der Waals surface area contributed by atoms with Crippen LogP contribution >= 0.6 is 11.6 Å². The van der Waals surface area contributed by atoms with Crippen molar-refractivity contribution in [1.29, 1.82) is 0 Å². The van der Waals surface area contributed by atoms with Crippen LogP contribution in [0.1, 0.15) is 30.0 Å². The lowest BCUT2D eigenvalue weighted by molar-refractivity contribution is -0.141. The number of likely N-dealkylation sites (tertiary alicyclic amines) is 1. The Bertz CT molecular complexity index is 1270. The molecule has 2 aromatic carbocycles. The average Bonchev–Trinajstić information content (AvgIpc) is 3.58. The molecule has 0 radical (unpaired) electrons. The van der Waals surface area contributed by atoms with Crippen molar-refractivity contribution in [1.82, 2.24) is 4.90 Å². The maximum atomic E-state index is 15.6. The molecule has 2 aliphatic heterocycles. The summed E-state index contributed by atoms with van der Waals surface area (Å²) in [5, 5.41) is 10.7. The molecule has 1 aromatic heterocycles. The highest BCUT2D eigenvalue weighted by Gasteiger charge is 2.37. The van der Waals surface area contributed by atoms with Gasteiger partial charge in [-0.25, -0.2) is 4.39 Å². The minimum absolute atomic E-state index is 0.0461. The number of aliphatic carboxylic acids is 1. The van der Waals surface area contributed by atoms with Gasteiger partial charge in [-0.3, -0.25) is 9.69 Å². The molecule has 2 saturated heterocycles. The second-order valence-electron chi connectivity index (χ2n) is 9.40. The molecule has 0 amide bonds. The molecule has 3 aromatic rings. The molecule has 6 rings (SSSR count). The summed E-state index contributed by atoms with van der Waals surface area (Å²) in [5.41, 5.74) is 3.56. The zero-order valence-electron chi connectivity index (χ0n) is 18.7. The third-order valence-electron chi connectivity index (χ3n) is 7.52. The number of ether oxygens (including phenoxy) is 1. The van der Waals surface area contributed by atoms with Crippen LogP contribution in [-0.2, 0) is 16.0 Å². The molecular weight excluding hydrogens is 459 g/mol. The first-order chi connectivity index (χ1) is 16.5. The number of carbonyl (C=O) groups is 1. The lowest BCUT2D eigenvalue weighted by Crippen LogP contribution is -2.36. The number of morpholine rings is 1. The third kappa shape index (κ3) is 3.58. The maximum absolute atomic E-state index is 15.6. The van der Waals surface area contributed by atoms with Crippen LogP contribution in [0.2, 0.25) is 5.02 Å². The molecule has 0 saturated carbocycles. The first-order valence-electron chi connectivity index (χ1n) is 11.8. The number of benzene rings is 2. The number of carboxylic acids is 1. The van der Waals surface area contributed by atoms with E-state index in [1.165, 1.54) is 0 Å². The van der Waals surface area contributed by atoms with Crippen molar-refractivity contribution < 1.29 is 23.4 Å². The summed E-state index contributed by atoms with van der Waals surface area (Å²) < 4.78 is 27.1. The number of fused-ring (bicyclic) bond motifs is 2. The van der Waals surface area contributed by atoms with E-state index in [0.29, 0.717) is 54.3 Å². The van der Waals surface area contributed by atoms with Gasteiger partial charge in [0.15, 0.2) is 11.4 Å². The Morgan fingerprint density at radius 1 is 1.15 bits per heavy atom. The first-order valence-corrected chi connectivity index (χ1v) is 12.2. The summed E-state index contributed by atoms with van der Waals surface area (Å²) in [6, 6.07) is 9.76. The molecule has 178 valence electrons. The van der Waals surface area contributed by atoms with Crippen LogP contribution in [0.5, 0.6) is 0 Å². The normalized spacial score (nSPS) is 23.1. The van der Waals surface area contributed by atoms with Gasteiger partial charge in [-0.1, -0.05) is 17.7 Å². The smallest absolute Gasteiger partial charge is 0.307 e. The van der Waals surface area contributed by atoms with Crippen molar-refractivity contribution in [2.45, 2.75) is 25.3 Å². The SMILES string of the molecule is O=C(O)[C@@H]1CCN([C@@H]2CCc3c2cc2cc(-c4cccc(N5CCOCC5)c4Cl)oc2c3F)C1. The van der Waals surface area contributed by atoms with Gasteiger partial charge in [0.25, 0.3) is 0 Å².